The number of anilines is 6. The van der Waals surface area contributed by atoms with Crippen LogP contribution in [0.1, 0.15) is 0 Å². The SMILES string of the molecule is C[Si]1(C)c2ccccc2N(c2ccc3c(-c4cc5ccccc5c5ccccc45)c4cc(N5c6ccccc6[Si](C)(C)c6ccccc65)ccc4c(-c4ccc5ccccc5c4)c3c2)c2ccccc21. The highest BCUT2D eigenvalue weighted by atomic mass is 28.3. The highest BCUT2D eigenvalue weighted by Gasteiger charge is 2.40. The Morgan fingerprint density at radius 3 is 1.23 bits per heavy atom. The summed E-state index contributed by atoms with van der Waals surface area (Å²) in [6.45, 7) is 10.0. The van der Waals surface area contributed by atoms with E-state index in [0.717, 1.165) is 11.4 Å². The lowest BCUT2D eigenvalue weighted by molar-refractivity contribution is 1.29. The maximum absolute atomic E-state index is 2.55. The second-order valence-electron chi connectivity index (χ2n) is 20.5. The van der Waals surface area contributed by atoms with Gasteiger partial charge in [-0.15, -0.1) is 0 Å². The van der Waals surface area contributed by atoms with Crippen LogP contribution in [0.5, 0.6) is 0 Å². The lowest BCUT2D eigenvalue weighted by Crippen LogP contribution is -2.58. The lowest BCUT2D eigenvalue weighted by atomic mass is 9.83. The third kappa shape index (κ3) is 5.90. The molecule has 70 heavy (non-hydrogen) atoms. The van der Waals surface area contributed by atoms with Gasteiger partial charge >= 0.3 is 0 Å². The van der Waals surface area contributed by atoms with Gasteiger partial charge < -0.3 is 9.80 Å². The first-order valence-corrected chi connectivity index (χ1v) is 30.7. The quantitative estimate of drug-likeness (QED) is 0.0986. The van der Waals surface area contributed by atoms with E-state index in [0.29, 0.717) is 0 Å². The number of benzene rings is 12. The number of hydrogen-bond donors (Lipinski definition) is 0. The number of rotatable bonds is 4. The van der Waals surface area contributed by atoms with Gasteiger partial charge in [0.25, 0.3) is 0 Å². The monoisotopic (exact) mass is 926 g/mol. The van der Waals surface area contributed by atoms with Gasteiger partial charge in [0.1, 0.15) is 16.1 Å². The van der Waals surface area contributed by atoms with Gasteiger partial charge in [0.05, 0.1) is 0 Å². The van der Waals surface area contributed by atoms with Crippen LogP contribution in [0, 0.1) is 0 Å². The molecule has 0 unspecified atom stereocenters. The number of hydrogen-bond acceptors (Lipinski definition) is 2. The van der Waals surface area contributed by atoms with Crippen LogP contribution in [-0.4, -0.2) is 16.1 Å². The Labute approximate surface area is 411 Å². The van der Waals surface area contributed by atoms with Crippen molar-refractivity contribution in [2.24, 2.45) is 0 Å². The van der Waals surface area contributed by atoms with Crippen molar-refractivity contribution in [1.29, 1.82) is 0 Å². The van der Waals surface area contributed by atoms with E-state index >= 15 is 0 Å². The molecule has 0 aromatic heterocycles. The maximum Gasteiger partial charge on any atom is 0.117 e. The van der Waals surface area contributed by atoms with Crippen LogP contribution in [0.3, 0.4) is 0 Å². The average Bonchev–Trinajstić information content (AvgIpc) is 3.40. The number of para-hydroxylation sites is 4. The second-order valence-corrected chi connectivity index (χ2v) is 29.1. The number of fused-ring (bicyclic) bond motifs is 10. The second kappa shape index (κ2) is 15.2. The first kappa shape index (κ1) is 41.0. The van der Waals surface area contributed by atoms with Crippen LogP contribution in [0.15, 0.2) is 231 Å². The normalized spacial score (nSPS) is 14.5. The lowest BCUT2D eigenvalue weighted by Gasteiger charge is -2.41. The minimum atomic E-state index is -2.01. The molecule has 2 aliphatic heterocycles. The van der Waals surface area contributed by atoms with Gasteiger partial charge in [-0.2, -0.15) is 0 Å². The van der Waals surface area contributed by atoms with Gasteiger partial charge in [-0.25, -0.2) is 0 Å². The molecule has 0 saturated heterocycles. The van der Waals surface area contributed by atoms with Crippen molar-refractivity contribution in [3.05, 3.63) is 231 Å². The fourth-order valence-corrected chi connectivity index (χ4v) is 18.6. The van der Waals surface area contributed by atoms with Gasteiger partial charge in [0, 0.05) is 34.1 Å². The van der Waals surface area contributed by atoms with Crippen molar-refractivity contribution < 1.29 is 0 Å². The van der Waals surface area contributed by atoms with Crippen molar-refractivity contribution in [1.82, 2.24) is 0 Å². The number of nitrogens with zero attached hydrogens (tertiary/aromatic N) is 2. The van der Waals surface area contributed by atoms with E-state index in [1.165, 1.54) is 120 Å². The van der Waals surface area contributed by atoms with Crippen LogP contribution in [0.2, 0.25) is 26.2 Å². The molecule has 12 aromatic carbocycles. The fourth-order valence-electron chi connectivity index (χ4n) is 12.6. The molecule has 0 amide bonds. The van der Waals surface area contributed by atoms with E-state index in [1.54, 1.807) is 0 Å². The summed E-state index contributed by atoms with van der Waals surface area (Å²) in [7, 11) is -4.01. The van der Waals surface area contributed by atoms with Crippen LogP contribution in [0.25, 0.3) is 76.1 Å². The Kier molecular flexibility index (Phi) is 8.92. The van der Waals surface area contributed by atoms with Crippen molar-refractivity contribution in [2.45, 2.75) is 26.2 Å². The Balaban J connectivity index is 1.14. The van der Waals surface area contributed by atoms with E-state index in [9.17, 15) is 0 Å². The molecular formula is C66H50N2Si2. The molecule has 0 fully saturated rings. The predicted molar refractivity (Wildman–Crippen MR) is 308 cm³/mol. The van der Waals surface area contributed by atoms with Crippen LogP contribution in [-0.2, 0) is 0 Å². The molecule has 0 aliphatic carbocycles. The summed E-state index contributed by atoms with van der Waals surface area (Å²) < 4.78 is 0. The van der Waals surface area contributed by atoms with Crippen LogP contribution >= 0.6 is 0 Å². The highest BCUT2D eigenvalue weighted by Crippen LogP contribution is 2.51. The molecule has 2 nitrogen and oxygen atoms in total. The van der Waals surface area contributed by atoms with Crippen molar-refractivity contribution in [2.75, 3.05) is 9.80 Å². The fraction of sp³-hybridized carbons (Fsp3) is 0.0606. The molecule has 332 valence electrons. The average molecular weight is 927 g/mol. The molecule has 0 spiro atoms. The molecule has 14 rings (SSSR count). The first-order chi connectivity index (χ1) is 34.3. The molecule has 4 heteroatoms. The summed E-state index contributed by atoms with van der Waals surface area (Å²) in [5, 5.41) is 18.3. The van der Waals surface area contributed by atoms with E-state index < -0.39 is 16.1 Å². The minimum Gasteiger partial charge on any atom is -0.311 e. The largest absolute Gasteiger partial charge is 0.311 e. The molecule has 0 atom stereocenters. The highest BCUT2D eigenvalue weighted by molar-refractivity contribution is 7.03. The predicted octanol–water partition coefficient (Wildman–Crippen LogP) is 16.0. The van der Waals surface area contributed by atoms with Gasteiger partial charge in [0.15, 0.2) is 0 Å². The Morgan fingerprint density at radius 1 is 0.271 bits per heavy atom. The summed E-state index contributed by atoms with van der Waals surface area (Å²) in [6.07, 6.45) is 0. The first-order valence-electron chi connectivity index (χ1n) is 24.7. The van der Waals surface area contributed by atoms with Gasteiger partial charge in [-0.05, 0) is 158 Å². The zero-order valence-corrected chi connectivity index (χ0v) is 41.8. The van der Waals surface area contributed by atoms with E-state index in [-0.39, 0.29) is 0 Å². The zero-order chi connectivity index (χ0) is 46.9. The summed E-state index contributed by atoms with van der Waals surface area (Å²) in [5.41, 5.74) is 12.4. The van der Waals surface area contributed by atoms with Gasteiger partial charge in [0.2, 0.25) is 0 Å². The molecular weight excluding hydrogens is 877 g/mol. The van der Waals surface area contributed by atoms with E-state index in [4.69, 9.17) is 0 Å². The summed E-state index contributed by atoms with van der Waals surface area (Å²) in [4.78, 5) is 5.09. The standard InChI is InChI=1S/C66H50N2Si2/c1-69(2)61-29-15-11-25-57(61)67(58-26-12-16-30-62(58)69)47-36-38-53-55(41-47)65(46-34-33-43-19-5-6-20-44(43)39-46)52-37-35-48(68-59-27-13-17-31-63(59)70(3,4)64-32-18-14-28-60(64)68)42-56(52)66(53)54-40-45-21-7-8-22-49(45)50-23-9-10-24-51(50)54/h5-42H,1-4H3. The molecule has 2 aliphatic rings. The Bertz CT molecular complexity index is 4070. The minimum absolute atomic E-state index is 1.16. The molecule has 0 saturated carbocycles. The topological polar surface area (TPSA) is 6.48 Å². The summed E-state index contributed by atoms with van der Waals surface area (Å²) >= 11 is 0. The van der Waals surface area contributed by atoms with Crippen LogP contribution in [0.4, 0.5) is 34.1 Å². The maximum atomic E-state index is 2.55. The van der Waals surface area contributed by atoms with Crippen molar-refractivity contribution in [3.63, 3.8) is 0 Å². The zero-order valence-electron chi connectivity index (χ0n) is 39.8. The molecule has 0 bridgehead atoms. The van der Waals surface area contributed by atoms with Crippen LogP contribution < -0.4 is 30.5 Å². The molecule has 12 aromatic rings. The third-order valence-electron chi connectivity index (χ3n) is 15.9. The van der Waals surface area contributed by atoms with Crippen molar-refractivity contribution in [3.8, 4) is 22.3 Å². The molecule has 0 N–H and O–H groups in total. The van der Waals surface area contributed by atoms with Gasteiger partial charge in [-0.1, -0.05) is 196 Å². The third-order valence-corrected chi connectivity index (χ3v) is 23.0. The van der Waals surface area contributed by atoms with E-state index in [1.807, 2.05) is 0 Å². The Hall–Kier alpha value is -8.03. The van der Waals surface area contributed by atoms with Crippen molar-refractivity contribution >= 4 is 125 Å². The molecule has 0 radical (unpaired) electrons. The Morgan fingerprint density at radius 2 is 0.686 bits per heavy atom. The summed E-state index contributed by atoms with van der Waals surface area (Å²) in [6, 6.07) is 87.6. The molecule has 2 heterocycles. The van der Waals surface area contributed by atoms with E-state index in [2.05, 4.69) is 267 Å². The smallest absolute Gasteiger partial charge is 0.117 e. The van der Waals surface area contributed by atoms with Gasteiger partial charge in [-0.3, -0.25) is 0 Å². The summed E-state index contributed by atoms with van der Waals surface area (Å²) in [5.74, 6) is 0.